The lowest BCUT2D eigenvalue weighted by Crippen LogP contribution is -2.59. The Bertz CT molecular complexity index is 2200. The number of benzene rings is 2. The second kappa shape index (κ2) is 14.5. The van der Waals surface area contributed by atoms with Crippen LogP contribution in [-0.2, 0) is 42.1 Å². The number of anilines is 1. The smallest absolute Gasteiger partial charge is 0.259 e. The van der Waals surface area contributed by atoms with Crippen LogP contribution in [0.5, 0.6) is 0 Å². The number of hydrogen-bond donors (Lipinski definition) is 3. The Kier molecular flexibility index (Phi) is 9.95. The number of sulfonamides is 1. The van der Waals surface area contributed by atoms with Gasteiger partial charge in [-0.3, -0.25) is 19.1 Å². The fourth-order valence-corrected chi connectivity index (χ4v) is 10.3. The summed E-state index contributed by atoms with van der Waals surface area (Å²) in [6.45, 7) is 5.61. The number of alkyl halides is 2. The lowest BCUT2D eigenvalue weighted by molar-refractivity contribution is -0.141. The predicted molar refractivity (Wildman–Crippen MR) is 208 cm³/mol. The number of aromatic nitrogens is 1. The van der Waals surface area contributed by atoms with Gasteiger partial charge in [0.05, 0.1) is 23.4 Å². The molecule has 298 valence electrons. The van der Waals surface area contributed by atoms with Crippen LogP contribution in [-0.4, -0.2) is 83.7 Å². The molecule has 3 aliphatic carbocycles. The third kappa shape index (κ3) is 7.41. The number of rotatable bonds is 6. The third-order valence-corrected chi connectivity index (χ3v) is 14.2. The highest BCUT2D eigenvalue weighted by Gasteiger charge is 2.67. The van der Waals surface area contributed by atoms with E-state index in [2.05, 4.69) is 34.0 Å². The van der Waals surface area contributed by atoms with Gasteiger partial charge in [-0.05, 0) is 73.1 Å². The first-order valence-corrected chi connectivity index (χ1v) is 21.7. The summed E-state index contributed by atoms with van der Waals surface area (Å²) in [6.07, 6.45) is 1.06. The second-order valence-corrected chi connectivity index (χ2v) is 19.6. The highest BCUT2D eigenvalue weighted by molar-refractivity contribution is 7.91. The molecule has 3 fully saturated rings. The molecule has 56 heavy (non-hydrogen) atoms. The summed E-state index contributed by atoms with van der Waals surface area (Å²) >= 11 is 1.39. The molecule has 5 aliphatic rings. The van der Waals surface area contributed by atoms with Crippen LogP contribution in [0.25, 0.3) is 11.1 Å². The molecular formula is C40H46F2N6O6S2. The van der Waals surface area contributed by atoms with E-state index in [0.29, 0.717) is 23.7 Å². The van der Waals surface area contributed by atoms with Gasteiger partial charge in [0, 0.05) is 22.9 Å². The van der Waals surface area contributed by atoms with Crippen molar-refractivity contribution < 1.29 is 36.4 Å². The summed E-state index contributed by atoms with van der Waals surface area (Å²) < 4.78 is 55.7. The van der Waals surface area contributed by atoms with Gasteiger partial charge in [-0.1, -0.05) is 68.7 Å². The van der Waals surface area contributed by atoms with Gasteiger partial charge < -0.3 is 20.4 Å². The number of nitrogens with one attached hydrogen (secondary N) is 3. The molecule has 6 bridgehead atoms. The van der Waals surface area contributed by atoms with E-state index in [1.165, 1.54) is 21.8 Å². The number of aryl methyl sites for hydroxylation is 2. The molecule has 8 rings (SSSR count). The number of thiazole rings is 1. The van der Waals surface area contributed by atoms with Crippen molar-refractivity contribution in [3.63, 3.8) is 0 Å². The lowest BCUT2D eigenvalue weighted by atomic mass is 9.85. The average Bonchev–Trinajstić information content (AvgIpc) is 4.01. The number of oxime groups is 1. The van der Waals surface area contributed by atoms with Crippen molar-refractivity contribution in [2.75, 3.05) is 11.9 Å². The van der Waals surface area contributed by atoms with Crippen LogP contribution < -0.4 is 15.4 Å². The van der Waals surface area contributed by atoms with Gasteiger partial charge in [0.25, 0.3) is 5.91 Å². The maximum absolute atomic E-state index is 14.7. The van der Waals surface area contributed by atoms with Crippen molar-refractivity contribution in [1.82, 2.24) is 19.9 Å². The number of halogens is 2. The molecule has 0 unspecified atom stereocenters. The molecule has 2 aromatic carbocycles. The van der Waals surface area contributed by atoms with Crippen molar-refractivity contribution in [2.24, 2.45) is 16.5 Å². The molecule has 2 aliphatic heterocycles. The zero-order chi connectivity index (χ0) is 39.6. The minimum Gasteiger partial charge on any atom is -0.390 e. The Morgan fingerprint density at radius 2 is 1.77 bits per heavy atom. The van der Waals surface area contributed by atoms with Crippen molar-refractivity contribution >= 4 is 49.9 Å². The minimum atomic E-state index is -4.09. The molecule has 3 aromatic rings. The number of carbonyl (C=O) groups is 3. The van der Waals surface area contributed by atoms with E-state index in [-0.39, 0.29) is 13.0 Å². The Morgan fingerprint density at radius 1 is 1.04 bits per heavy atom. The Hall–Kier alpha value is -4.44. The van der Waals surface area contributed by atoms with Crippen LogP contribution in [0, 0.1) is 11.3 Å². The van der Waals surface area contributed by atoms with E-state index in [9.17, 15) is 31.6 Å². The zero-order valence-electron chi connectivity index (χ0n) is 31.5. The molecule has 0 radical (unpaired) electrons. The molecule has 16 heteroatoms. The summed E-state index contributed by atoms with van der Waals surface area (Å²) in [7, 11) is -4.09. The van der Waals surface area contributed by atoms with E-state index >= 15 is 0 Å². The summed E-state index contributed by atoms with van der Waals surface area (Å²) in [6, 6.07) is 12.2. The first-order chi connectivity index (χ1) is 26.6. The number of amides is 3. The van der Waals surface area contributed by atoms with Gasteiger partial charge >= 0.3 is 0 Å². The molecule has 3 N–H and O–H groups in total. The number of carbonyl (C=O) groups excluding carboxylic acids is 3. The fraction of sp³-hybridized carbons (Fsp3) is 0.525. The van der Waals surface area contributed by atoms with Crippen LogP contribution in [0.3, 0.4) is 0 Å². The number of fused-ring (bicyclic) bond motifs is 8. The van der Waals surface area contributed by atoms with Crippen LogP contribution in [0.1, 0.15) is 88.1 Å². The molecular weight excluding hydrogens is 763 g/mol. The van der Waals surface area contributed by atoms with Crippen LogP contribution in [0.15, 0.2) is 53.0 Å². The van der Waals surface area contributed by atoms with Crippen LogP contribution in [0.2, 0.25) is 0 Å². The molecule has 12 nitrogen and oxygen atoms in total. The third-order valence-electron chi connectivity index (χ3n) is 11.6. The molecule has 1 aromatic heterocycles. The van der Waals surface area contributed by atoms with Crippen molar-refractivity contribution in [3.8, 4) is 11.1 Å². The van der Waals surface area contributed by atoms with E-state index in [1.807, 2.05) is 55.1 Å². The lowest BCUT2D eigenvalue weighted by Gasteiger charge is -2.35. The zero-order valence-corrected chi connectivity index (χ0v) is 33.2. The van der Waals surface area contributed by atoms with Crippen molar-refractivity contribution in [2.45, 2.75) is 114 Å². The number of hydrogen-bond acceptors (Lipinski definition) is 10. The van der Waals surface area contributed by atoms with Crippen molar-refractivity contribution in [1.29, 1.82) is 0 Å². The van der Waals surface area contributed by atoms with Gasteiger partial charge in [-0.15, -0.1) is 11.3 Å². The molecule has 1 saturated heterocycles. The maximum atomic E-state index is 14.7. The predicted octanol–water partition coefficient (Wildman–Crippen LogP) is 5.41. The highest BCUT2D eigenvalue weighted by atomic mass is 32.2. The molecule has 3 amide bonds. The largest absolute Gasteiger partial charge is 0.390 e. The summed E-state index contributed by atoms with van der Waals surface area (Å²) in [4.78, 5) is 54.8. The fourth-order valence-electron chi connectivity index (χ4n) is 8.12. The van der Waals surface area contributed by atoms with Gasteiger partial charge in [0.2, 0.25) is 28.3 Å². The first-order valence-electron chi connectivity index (χ1n) is 19.3. The summed E-state index contributed by atoms with van der Waals surface area (Å²) in [5.74, 6) is -4.10. The van der Waals surface area contributed by atoms with E-state index < -0.39 is 80.9 Å². The van der Waals surface area contributed by atoms with E-state index in [1.54, 1.807) is 0 Å². The maximum Gasteiger partial charge on any atom is 0.259 e. The Labute approximate surface area is 328 Å². The normalized spacial score (nSPS) is 27.4. The standard InChI is InChI=1S/C40H46F2N6O6S2/c1-39(2,3)33-36(50)48-20-24(18-31(48)35(49)45-40(19-30(40)34(41)42)37(51)47-56(52,53)25-14-15-25)54-46-32-28-12-8-7-11-26(28)27-16-13-22(17-29(27)32)9-5-4-6-10-23-21-55-38(43-23)44-33/h7-8,11-13,16-17,21,24-25,30-31,33-34H,4-6,9-10,14-15,18-20H2,1-3H3,(H,43,44)(H,45,49)(H,47,51)/b46-32-/t24-,30+,31+,33-,40-/m1/s1. The first kappa shape index (κ1) is 38.4. The van der Waals surface area contributed by atoms with E-state index in [0.717, 1.165) is 60.1 Å². The van der Waals surface area contributed by atoms with E-state index in [4.69, 9.17) is 9.82 Å². The van der Waals surface area contributed by atoms with Crippen LogP contribution in [0.4, 0.5) is 13.9 Å². The molecule has 2 saturated carbocycles. The van der Waals surface area contributed by atoms with Gasteiger partial charge in [0.15, 0.2) is 5.13 Å². The molecule has 5 atom stereocenters. The monoisotopic (exact) mass is 808 g/mol. The Morgan fingerprint density at radius 3 is 2.48 bits per heavy atom. The molecule has 3 heterocycles. The average molecular weight is 809 g/mol. The Balaban J connectivity index is 1.14. The quantitative estimate of drug-likeness (QED) is 0.234. The van der Waals surface area contributed by atoms with Crippen LogP contribution >= 0.6 is 11.3 Å². The van der Waals surface area contributed by atoms with Gasteiger partial charge in [-0.2, -0.15) is 0 Å². The van der Waals surface area contributed by atoms with Gasteiger partial charge in [-0.25, -0.2) is 22.2 Å². The SMILES string of the molecule is CC(C)(C)[C@@H]1Nc2nc(cs2)CCCCCc2ccc3c(c2)/C(=N\O[C@@H]2C[C@@H](C(=O)N[C@]4(C(=O)NS(=O)(=O)C5CC5)C[C@H]4C(F)F)N(C2)C1=O)c1ccccc1-3. The number of nitrogens with zero attached hydrogens (tertiary/aromatic N) is 3. The summed E-state index contributed by atoms with van der Waals surface area (Å²) in [5, 5.41) is 12.3. The second-order valence-electron chi connectivity index (χ2n) is 16.8. The highest BCUT2D eigenvalue weighted by Crippen LogP contribution is 2.48. The molecule has 0 spiro atoms. The minimum absolute atomic E-state index is 0.0570. The van der Waals surface area contributed by atoms with Gasteiger partial charge in [0.1, 0.15) is 29.4 Å². The summed E-state index contributed by atoms with van der Waals surface area (Å²) in [5.41, 5.74) is 3.75. The van der Waals surface area contributed by atoms with Crippen molar-refractivity contribution in [3.05, 3.63) is 70.2 Å². The topological polar surface area (TPSA) is 159 Å².